The molecule has 1 N–H and O–H groups in total. The lowest BCUT2D eigenvalue weighted by molar-refractivity contribution is 0.791. The fourth-order valence-corrected chi connectivity index (χ4v) is 1.45. The van der Waals surface area contributed by atoms with Crippen molar-refractivity contribution in [1.82, 2.24) is 9.97 Å². The highest BCUT2D eigenvalue weighted by Crippen LogP contribution is 2.04. The van der Waals surface area contributed by atoms with E-state index in [0.717, 1.165) is 24.0 Å². The largest absolute Gasteiger partial charge is 0.342 e. The summed E-state index contributed by atoms with van der Waals surface area (Å²) in [4.78, 5) is 7.84. The monoisotopic (exact) mass is 162 g/mol. The van der Waals surface area contributed by atoms with Gasteiger partial charge in [0.15, 0.2) is 0 Å². The minimum Gasteiger partial charge on any atom is -0.342 e. The number of fused-ring (bicyclic) bond motifs is 1. The molecule has 0 spiro atoms. The van der Waals surface area contributed by atoms with Crippen molar-refractivity contribution in [3.05, 3.63) is 16.5 Å². The number of aromatic nitrogens is 2. The maximum atomic E-state index is 4.51. The third kappa shape index (κ3) is 1.17. The number of hydrogen-bond acceptors (Lipinski definition) is 1. The van der Waals surface area contributed by atoms with Crippen LogP contribution in [0.1, 0.15) is 38.4 Å². The molecule has 1 aromatic rings. The van der Waals surface area contributed by atoms with Crippen molar-refractivity contribution in [1.29, 1.82) is 0 Å². The fourth-order valence-electron chi connectivity index (χ4n) is 1.45. The second kappa shape index (κ2) is 2.77. The van der Waals surface area contributed by atoms with Crippen molar-refractivity contribution < 1.29 is 0 Å². The zero-order valence-corrected chi connectivity index (χ0v) is 7.59. The van der Waals surface area contributed by atoms with E-state index in [2.05, 4.69) is 36.0 Å². The van der Waals surface area contributed by atoms with Crippen LogP contribution >= 0.6 is 0 Å². The van der Waals surface area contributed by atoms with Gasteiger partial charge in [-0.1, -0.05) is 26.0 Å². The molecule has 0 saturated carbocycles. The normalized spacial score (nSPS) is 15.2. The molecule has 1 aromatic heterocycles. The van der Waals surface area contributed by atoms with Crippen molar-refractivity contribution in [2.24, 2.45) is 0 Å². The highest BCUT2D eigenvalue weighted by atomic mass is 14.9. The van der Waals surface area contributed by atoms with E-state index >= 15 is 0 Å². The molecule has 1 aliphatic carbocycles. The number of nitrogens with one attached hydrogen (secondary N) is 1. The van der Waals surface area contributed by atoms with Gasteiger partial charge < -0.3 is 4.98 Å². The van der Waals surface area contributed by atoms with Crippen LogP contribution in [0.25, 0.3) is 12.2 Å². The van der Waals surface area contributed by atoms with Gasteiger partial charge in [0.25, 0.3) is 0 Å². The Bertz CT molecular complexity index is 351. The molecule has 0 radical (unpaired) electrons. The predicted octanol–water partition coefficient (Wildman–Crippen LogP) is 0.888. The summed E-state index contributed by atoms with van der Waals surface area (Å²) < 4.78 is 0. The Kier molecular flexibility index (Phi) is 1.75. The summed E-state index contributed by atoms with van der Waals surface area (Å²) in [5, 5.41) is 2.36. The molecule has 1 aliphatic rings. The first-order valence-corrected chi connectivity index (χ1v) is 4.53. The van der Waals surface area contributed by atoms with E-state index in [1.165, 1.54) is 5.35 Å². The smallest absolute Gasteiger partial charge is 0.109 e. The molecule has 0 bridgehead atoms. The number of hydrogen-bond donors (Lipinski definition) is 1. The summed E-state index contributed by atoms with van der Waals surface area (Å²) in [5.41, 5.74) is 0. The van der Waals surface area contributed by atoms with E-state index in [9.17, 15) is 0 Å². The minimum atomic E-state index is 0.498. The Labute approximate surface area is 72.0 Å². The average Bonchev–Trinajstić information content (AvgIpc) is 2.46. The topological polar surface area (TPSA) is 28.7 Å². The van der Waals surface area contributed by atoms with Crippen LogP contribution in [0.2, 0.25) is 0 Å². The first-order chi connectivity index (χ1) is 5.77. The summed E-state index contributed by atoms with van der Waals surface area (Å²) in [6.07, 6.45) is 6.72. The maximum absolute atomic E-state index is 4.51. The van der Waals surface area contributed by atoms with Crippen molar-refractivity contribution in [3.63, 3.8) is 0 Å². The van der Waals surface area contributed by atoms with Crippen molar-refractivity contribution in [2.45, 2.75) is 32.6 Å². The van der Waals surface area contributed by atoms with Gasteiger partial charge in [0.2, 0.25) is 0 Å². The van der Waals surface area contributed by atoms with Crippen LogP contribution in [0, 0.1) is 0 Å². The van der Waals surface area contributed by atoms with Gasteiger partial charge in [-0.25, -0.2) is 4.98 Å². The zero-order chi connectivity index (χ0) is 8.55. The van der Waals surface area contributed by atoms with Gasteiger partial charge in [-0.2, -0.15) is 0 Å². The first kappa shape index (κ1) is 7.59. The molecule has 2 rings (SSSR count). The Morgan fingerprint density at radius 1 is 1.33 bits per heavy atom. The number of H-pyrrole nitrogens is 1. The van der Waals surface area contributed by atoms with Gasteiger partial charge in [0, 0.05) is 5.92 Å². The molecule has 0 unspecified atom stereocenters. The summed E-state index contributed by atoms with van der Waals surface area (Å²) in [6.45, 7) is 4.31. The second-order valence-corrected chi connectivity index (χ2v) is 3.56. The van der Waals surface area contributed by atoms with Crippen molar-refractivity contribution in [3.8, 4) is 0 Å². The van der Waals surface area contributed by atoms with Crippen LogP contribution in [-0.2, 0) is 0 Å². The molecule has 1 heterocycles. The SMILES string of the molecule is CC(C)c1nc2c([nH]1)=CCCC=2. The molecule has 2 nitrogen and oxygen atoms in total. The van der Waals surface area contributed by atoms with E-state index in [1.54, 1.807) is 0 Å². The molecule has 0 fully saturated rings. The Morgan fingerprint density at radius 2 is 2.08 bits per heavy atom. The quantitative estimate of drug-likeness (QED) is 0.652. The average molecular weight is 162 g/mol. The summed E-state index contributed by atoms with van der Waals surface area (Å²) >= 11 is 0. The van der Waals surface area contributed by atoms with E-state index in [4.69, 9.17) is 0 Å². The van der Waals surface area contributed by atoms with Crippen LogP contribution < -0.4 is 10.7 Å². The Balaban J connectivity index is 2.60. The van der Waals surface area contributed by atoms with Crippen molar-refractivity contribution >= 4 is 12.2 Å². The zero-order valence-electron chi connectivity index (χ0n) is 7.59. The number of aromatic amines is 1. The Hall–Kier alpha value is -1.05. The van der Waals surface area contributed by atoms with E-state index in [1.807, 2.05) is 0 Å². The molecule has 0 saturated heterocycles. The van der Waals surface area contributed by atoms with Crippen LogP contribution in [0.15, 0.2) is 0 Å². The maximum Gasteiger partial charge on any atom is 0.109 e. The van der Waals surface area contributed by atoms with Crippen LogP contribution in [-0.4, -0.2) is 9.97 Å². The van der Waals surface area contributed by atoms with Gasteiger partial charge in [-0.05, 0) is 12.8 Å². The predicted molar refractivity (Wildman–Crippen MR) is 50.1 cm³/mol. The first-order valence-electron chi connectivity index (χ1n) is 4.53. The fraction of sp³-hybridized carbons (Fsp3) is 0.500. The molecule has 0 amide bonds. The molecular weight excluding hydrogens is 148 g/mol. The van der Waals surface area contributed by atoms with E-state index in [-0.39, 0.29) is 0 Å². The molecule has 0 atom stereocenters. The van der Waals surface area contributed by atoms with E-state index < -0.39 is 0 Å². The van der Waals surface area contributed by atoms with Gasteiger partial charge >= 0.3 is 0 Å². The van der Waals surface area contributed by atoms with Crippen LogP contribution in [0.4, 0.5) is 0 Å². The van der Waals surface area contributed by atoms with Crippen LogP contribution in [0.3, 0.4) is 0 Å². The minimum absolute atomic E-state index is 0.498. The standard InChI is InChI=1S/C10H14N2/c1-7(2)10-11-8-5-3-4-6-9(8)12-10/h5-7H,3-4H2,1-2H3,(H,11,12). The van der Waals surface area contributed by atoms with Gasteiger partial charge in [-0.3, -0.25) is 0 Å². The number of rotatable bonds is 1. The molecule has 64 valence electrons. The molecule has 2 heteroatoms. The second-order valence-electron chi connectivity index (χ2n) is 3.56. The summed E-state index contributed by atoms with van der Waals surface area (Å²) in [6, 6.07) is 0. The van der Waals surface area contributed by atoms with E-state index in [0.29, 0.717) is 5.92 Å². The van der Waals surface area contributed by atoms with Gasteiger partial charge in [-0.15, -0.1) is 0 Å². The van der Waals surface area contributed by atoms with Gasteiger partial charge in [0.1, 0.15) is 5.82 Å². The number of nitrogens with zero attached hydrogens (tertiary/aromatic N) is 1. The lowest BCUT2D eigenvalue weighted by atomic mass is 10.2. The highest BCUT2D eigenvalue weighted by molar-refractivity contribution is 5.33. The molecule has 0 aliphatic heterocycles. The number of imidazole rings is 1. The summed E-state index contributed by atoms with van der Waals surface area (Å²) in [7, 11) is 0. The molecule has 0 aromatic carbocycles. The van der Waals surface area contributed by atoms with Crippen LogP contribution in [0.5, 0.6) is 0 Å². The summed E-state index contributed by atoms with van der Waals surface area (Å²) in [5.74, 6) is 1.60. The third-order valence-corrected chi connectivity index (χ3v) is 2.18. The lowest BCUT2D eigenvalue weighted by Gasteiger charge is -1.95. The van der Waals surface area contributed by atoms with Gasteiger partial charge in [0.05, 0.1) is 10.7 Å². The molecule has 12 heavy (non-hydrogen) atoms. The van der Waals surface area contributed by atoms with Crippen molar-refractivity contribution in [2.75, 3.05) is 0 Å². The Morgan fingerprint density at radius 3 is 2.75 bits per heavy atom. The highest BCUT2D eigenvalue weighted by Gasteiger charge is 2.04. The molecular formula is C10H14N2. The third-order valence-electron chi connectivity index (χ3n) is 2.18. The lowest BCUT2D eigenvalue weighted by Crippen LogP contribution is -2.26.